The van der Waals surface area contributed by atoms with E-state index in [4.69, 9.17) is 4.74 Å². The van der Waals surface area contributed by atoms with Crippen molar-refractivity contribution in [2.45, 2.75) is 6.10 Å². The molecule has 1 unspecified atom stereocenters. The molecule has 0 fully saturated rings. The number of aliphatic hydroxyl groups excluding tert-OH is 1. The summed E-state index contributed by atoms with van der Waals surface area (Å²) < 4.78 is 18.5. The summed E-state index contributed by atoms with van der Waals surface area (Å²) in [7, 11) is 1.53. The molecule has 1 atom stereocenters. The van der Waals surface area contributed by atoms with E-state index >= 15 is 0 Å². The molecule has 2 aromatic rings. The minimum atomic E-state index is -0.871. The van der Waals surface area contributed by atoms with E-state index < -0.39 is 6.10 Å². The van der Waals surface area contributed by atoms with Crippen LogP contribution in [0.2, 0.25) is 0 Å². The zero-order chi connectivity index (χ0) is 13.1. The third-order valence-electron chi connectivity index (χ3n) is 2.55. The largest absolute Gasteiger partial charge is 0.495 e. The molecular weight excluding hydrogens is 301 g/mol. The van der Waals surface area contributed by atoms with Crippen molar-refractivity contribution in [2.75, 3.05) is 7.11 Å². The number of benzene rings is 1. The molecule has 1 N–H and O–H groups in total. The van der Waals surface area contributed by atoms with Gasteiger partial charge in [-0.05, 0) is 39.7 Å². The number of aromatic nitrogens is 1. The van der Waals surface area contributed by atoms with Crippen molar-refractivity contribution in [1.29, 1.82) is 0 Å². The zero-order valence-corrected chi connectivity index (χ0v) is 11.2. The molecule has 0 aliphatic rings. The van der Waals surface area contributed by atoms with E-state index in [-0.39, 0.29) is 5.82 Å². The molecule has 1 aromatic heterocycles. The van der Waals surface area contributed by atoms with Crippen LogP contribution in [0.3, 0.4) is 0 Å². The maximum atomic E-state index is 13.1. The molecule has 2 rings (SSSR count). The maximum absolute atomic E-state index is 13.1. The van der Waals surface area contributed by atoms with Gasteiger partial charge in [0.05, 0.1) is 17.8 Å². The fourth-order valence-corrected chi connectivity index (χ4v) is 1.97. The summed E-state index contributed by atoms with van der Waals surface area (Å²) in [5.74, 6) is 0.197. The monoisotopic (exact) mass is 311 g/mol. The second-order valence-electron chi connectivity index (χ2n) is 3.73. The average molecular weight is 312 g/mol. The minimum absolute atomic E-state index is 0.315. The van der Waals surface area contributed by atoms with Gasteiger partial charge in [0.2, 0.25) is 0 Å². The van der Waals surface area contributed by atoms with E-state index in [1.165, 1.54) is 19.2 Å². The Morgan fingerprint density at radius 1 is 1.28 bits per heavy atom. The van der Waals surface area contributed by atoms with Crippen molar-refractivity contribution in [1.82, 2.24) is 4.98 Å². The lowest BCUT2D eigenvalue weighted by molar-refractivity contribution is 0.219. The van der Waals surface area contributed by atoms with Crippen LogP contribution in [0.1, 0.15) is 17.2 Å². The van der Waals surface area contributed by atoms with Crippen molar-refractivity contribution >= 4 is 15.9 Å². The van der Waals surface area contributed by atoms with Gasteiger partial charge in [0.1, 0.15) is 17.7 Å². The molecule has 1 heterocycles. The second kappa shape index (κ2) is 5.46. The standard InChI is InChI=1S/C13H11BrFNO2/c1-18-10-4-9(6-16-7-10)13(17)8-2-3-12(15)11(14)5-8/h2-7,13,17H,1H3. The van der Waals surface area contributed by atoms with Crippen LogP contribution in [-0.4, -0.2) is 17.2 Å². The van der Waals surface area contributed by atoms with E-state index in [1.54, 1.807) is 24.5 Å². The number of hydrogen-bond donors (Lipinski definition) is 1. The Bertz CT molecular complexity index is 562. The van der Waals surface area contributed by atoms with Crippen molar-refractivity contribution in [3.63, 3.8) is 0 Å². The van der Waals surface area contributed by atoms with E-state index in [1.807, 2.05) is 0 Å². The molecule has 1 aromatic carbocycles. The highest BCUT2D eigenvalue weighted by Gasteiger charge is 2.13. The van der Waals surface area contributed by atoms with Crippen molar-refractivity contribution in [2.24, 2.45) is 0 Å². The lowest BCUT2D eigenvalue weighted by Crippen LogP contribution is -2.01. The molecule has 0 radical (unpaired) electrons. The highest BCUT2D eigenvalue weighted by atomic mass is 79.9. The van der Waals surface area contributed by atoms with Gasteiger partial charge in [-0.1, -0.05) is 6.07 Å². The molecule has 3 nitrogen and oxygen atoms in total. The molecule has 0 amide bonds. The number of nitrogens with zero attached hydrogens (tertiary/aromatic N) is 1. The molecule has 18 heavy (non-hydrogen) atoms. The van der Waals surface area contributed by atoms with Gasteiger partial charge >= 0.3 is 0 Å². The number of hydrogen-bond acceptors (Lipinski definition) is 3. The van der Waals surface area contributed by atoms with Crippen LogP contribution in [0.4, 0.5) is 4.39 Å². The normalized spacial score (nSPS) is 12.2. The first-order valence-corrected chi connectivity index (χ1v) is 6.03. The van der Waals surface area contributed by atoms with Gasteiger partial charge in [-0.25, -0.2) is 4.39 Å². The van der Waals surface area contributed by atoms with Gasteiger partial charge in [0, 0.05) is 11.8 Å². The first-order chi connectivity index (χ1) is 8.61. The highest BCUT2D eigenvalue weighted by Crippen LogP contribution is 2.27. The first kappa shape index (κ1) is 13.0. The molecule has 0 spiro atoms. The molecule has 0 aliphatic heterocycles. The van der Waals surface area contributed by atoms with Crippen LogP contribution in [0.15, 0.2) is 41.1 Å². The Labute approximate surface area is 112 Å². The SMILES string of the molecule is COc1cncc(C(O)c2ccc(F)c(Br)c2)c1. The highest BCUT2D eigenvalue weighted by molar-refractivity contribution is 9.10. The molecular formula is C13H11BrFNO2. The molecule has 0 bridgehead atoms. The molecule has 0 aliphatic carbocycles. The lowest BCUT2D eigenvalue weighted by atomic mass is 10.0. The van der Waals surface area contributed by atoms with E-state index in [0.717, 1.165) is 0 Å². The van der Waals surface area contributed by atoms with Gasteiger partial charge in [0.15, 0.2) is 0 Å². The van der Waals surface area contributed by atoms with Crippen LogP contribution in [0, 0.1) is 5.82 Å². The summed E-state index contributed by atoms with van der Waals surface area (Å²) in [6.07, 6.45) is 2.23. The van der Waals surface area contributed by atoms with Crippen LogP contribution in [-0.2, 0) is 0 Å². The van der Waals surface area contributed by atoms with Crippen LogP contribution in [0.5, 0.6) is 5.75 Å². The predicted octanol–water partition coefficient (Wildman–Crippen LogP) is 3.07. The fraction of sp³-hybridized carbons (Fsp3) is 0.154. The molecule has 94 valence electrons. The molecule has 5 heteroatoms. The van der Waals surface area contributed by atoms with Gasteiger partial charge in [0.25, 0.3) is 0 Å². The van der Waals surface area contributed by atoms with Crippen molar-refractivity contribution < 1.29 is 14.2 Å². The zero-order valence-electron chi connectivity index (χ0n) is 9.60. The van der Waals surface area contributed by atoms with Crippen LogP contribution < -0.4 is 4.74 Å². The summed E-state index contributed by atoms with van der Waals surface area (Å²) in [6.45, 7) is 0. The summed E-state index contributed by atoms with van der Waals surface area (Å²) >= 11 is 3.09. The Morgan fingerprint density at radius 2 is 2.06 bits per heavy atom. The number of methoxy groups -OCH3 is 1. The number of pyridine rings is 1. The summed E-state index contributed by atoms with van der Waals surface area (Å²) in [4.78, 5) is 3.97. The Kier molecular flexibility index (Phi) is 3.93. The molecule has 0 saturated carbocycles. The summed E-state index contributed by atoms with van der Waals surface area (Å²) in [6, 6.07) is 6.06. The minimum Gasteiger partial charge on any atom is -0.495 e. The van der Waals surface area contributed by atoms with Gasteiger partial charge in [-0.2, -0.15) is 0 Å². The van der Waals surface area contributed by atoms with Crippen molar-refractivity contribution in [3.8, 4) is 5.75 Å². The van der Waals surface area contributed by atoms with E-state index in [2.05, 4.69) is 20.9 Å². The van der Waals surface area contributed by atoms with Gasteiger partial charge < -0.3 is 9.84 Å². The van der Waals surface area contributed by atoms with Crippen molar-refractivity contribution in [3.05, 3.63) is 58.1 Å². The quantitative estimate of drug-likeness (QED) is 0.947. The van der Waals surface area contributed by atoms with Gasteiger partial charge in [-0.15, -0.1) is 0 Å². The topological polar surface area (TPSA) is 42.4 Å². The first-order valence-electron chi connectivity index (χ1n) is 5.24. The predicted molar refractivity (Wildman–Crippen MR) is 69.0 cm³/mol. The number of ether oxygens (including phenoxy) is 1. The maximum Gasteiger partial charge on any atom is 0.137 e. The average Bonchev–Trinajstić information content (AvgIpc) is 2.41. The third kappa shape index (κ3) is 2.68. The van der Waals surface area contributed by atoms with Crippen LogP contribution >= 0.6 is 15.9 Å². The number of rotatable bonds is 3. The Morgan fingerprint density at radius 3 is 2.72 bits per heavy atom. The lowest BCUT2D eigenvalue weighted by Gasteiger charge is -2.12. The Hall–Kier alpha value is -1.46. The van der Waals surface area contributed by atoms with E-state index in [9.17, 15) is 9.50 Å². The number of halogens is 2. The summed E-state index contributed by atoms with van der Waals surface area (Å²) in [5.41, 5.74) is 1.17. The smallest absolute Gasteiger partial charge is 0.137 e. The summed E-state index contributed by atoms with van der Waals surface area (Å²) in [5, 5.41) is 10.2. The van der Waals surface area contributed by atoms with Crippen LogP contribution in [0.25, 0.3) is 0 Å². The second-order valence-corrected chi connectivity index (χ2v) is 4.59. The fourth-order valence-electron chi connectivity index (χ4n) is 1.57. The third-order valence-corrected chi connectivity index (χ3v) is 3.15. The Balaban J connectivity index is 2.34. The molecule has 0 saturated heterocycles. The van der Waals surface area contributed by atoms with E-state index in [0.29, 0.717) is 21.3 Å². The van der Waals surface area contributed by atoms with Gasteiger partial charge in [-0.3, -0.25) is 4.98 Å². The number of aliphatic hydroxyl groups is 1.